The van der Waals surface area contributed by atoms with Crippen LogP contribution in [0.1, 0.15) is 48.0 Å². The van der Waals surface area contributed by atoms with Crippen LogP contribution in [0.15, 0.2) is 22.3 Å². The third-order valence-corrected chi connectivity index (χ3v) is 6.08. The van der Waals surface area contributed by atoms with E-state index in [0.29, 0.717) is 5.92 Å². The highest BCUT2D eigenvalue weighted by Crippen LogP contribution is 2.41. The molecule has 0 N–H and O–H groups in total. The van der Waals surface area contributed by atoms with Crippen molar-refractivity contribution in [2.24, 2.45) is 5.92 Å². The molecule has 1 aliphatic carbocycles. The minimum atomic E-state index is 0.0121. The van der Waals surface area contributed by atoms with Gasteiger partial charge in [-0.25, -0.2) is 9.67 Å². The summed E-state index contributed by atoms with van der Waals surface area (Å²) in [6, 6.07) is 3.41. The van der Waals surface area contributed by atoms with Gasteiger partial charge in [-0.15, -0.1) is 11.3 Å². The van der Waals surface area contributed by atoms with Gasteiger partial charge in [0.15, 0.2) is 0 Å². The Labute approximate surface area is 146 Å². The average molecular weight is 344 g/mol. The second-order valence-electron chi connectivity index (χ2n) is 7.17. The van der Waals surface area contributed by atoms with Gasteiger partial charge in [-0.3, -0.25) is 9.69 Å². The summed E-state index contributed by atoms with van der Waals surface area (Å²) < 4.78 is 1.64. The molecule has 0 spiro atoms. The molecule has 5 nitrogen and oxygen atoms in total. The van der Waals surface area contributed by atoms with Crippen molar-refractivity contribution < 1.29 is 0 Å². The van der Waals surface area contributed by atoms with Crippen molar-refractivity contribution in [2.75, 3.05) is 13.1 Å². The van der Waals surface area contributed by atoms with E-state index in [1.54, 1.807) is 16.8 Å². The van der Waals surface area contributed by atoms with Gasteiger partial charge in [-0.2, -0.15) is 5.10 Å². The minimum Gasteiger partial charge on any atom is -0.297 e. The van der Waals surface area contributed by atoms with Crippen LogP contribution < -0.4 is 5.56 Å². The van der Waals surface area contributed by atoms with Crippen molar-refractivity contribution in [2.45, 2.75) is 51.6 Å². The average Bonchev–Trinajstić information content (AvgIpc) is 3.33. The van der Waals surface area contributed by atoms with Crippen molar-refractivity contribution in [3.8, 4) is 0 Å². The van der Waals surface area contributed by atoms with Crippen molar-refractivity contribution in [1.29, 1.82) is 0 Å². The first-order valence-electron chi connectivity index (χ1n) is 8.89. The molecule has 24 heavy (non-hydrogen) atoms. The van der Waals surface area contributed by atoms with Gasteiger partial charge in [0, 0.05) is 30.5 Å². The van der Waals surface area contributed by atoms with Gasteiger partial charge in [0.2, 0.25) is 0 Å². The largest absolute Gasteiger partial charge is 0.297 e. The molecule has 6 heteroatoms. The molecule has 0 atom stereocenters. The van der Waals surface area contributed by atoms with E-state index in [1.807, 2.05) is 18.3 Å². The molecule has 0 bridgehead atoms. The third kappa shape index (κ3) is 3.75. The molecule has 1 saturated carbocycles. The highest BCUT2D eigenvalue weighted by Gasteiger charge is 2.27. The summed E-state index contributed by atoms with van der Waals surface area (Å²) in [6.45, 7) is 5.82. The molecule has 0 amide bonds. The van der Waals surface area contributed by atoms with Crippen molar-refractivity contribution >= 4 is 11.3 Å². The Kier molecular flexibility index (Phi) is 4.50. The summed E-state index contributed by atoms with van der Waals surface area (Å²) in [4.78, 5) is 19.2. The summed E-state index contributed by atoms with van der Waals surface area (Å²) in [7, 11) is 0. The maximum absolute atomic E-state index is 11.9. The number of rotatable bonds is 5. The number of hydrogen-bond donors (Lipinski definition) is 0. The summed E-state index contributed by atoms with van der Waals surface area (Å²) in [5.41, 5.74) is 2.15. The zero-order chi connectivity index (χ0) is 16.5. The molecule has 0 radical (unpaired) electrons. The van der Waals surface area contributed by atoms with E-state index in [4.69, 9.17) is 4.98 Å². The van der Waals surface area contributed by atoms with E-state index in [2.05, 4.69) is 15.4 Å². The molecular weight excluding hydrogens is 320 g/mol. The van der Waals surface area contributed by atoms with Gasteiger partial charge in [-0.1, -0.05) is 0 Å². The SMILES string of the molecule is Cc1ccc(=O)n(CC2CCN(Cc3csc(C4CC4)n3)CC2)n1. The lowest BCUT2D eigenvalue weighted by molar-refractivity contribution is 0.162. The fourth-order valence-corrected chi connectivity index (χ4v) is 4.38. The van der Waals surface area contributed by atoms with Crippen LogP contribution in [-0.4, -0.2) is 32.8 Å². The fraction of sp³-hybridized carbons (Fsp3) is 0.611. The van der Waals surface area contributed by atoms with Crippen LogP contribution in [0.25, 0.3) is 0 Å². The second-order valence-corrected chi connectivity index (χ2v) is 8.06. The first kappa shape index (κ1) is 16.0. The van der Waals surface area contributed by atoms with E-state index in [0.717, 1.165) is 50.6 Å². The number of aryl methyl sites for hydroxylation is 1. The molecule has 4 rings (SSSR count). The topological polar surface area (TPSA) is 51.0 Å². The summed E-state index contributed by atoms with van der Waals surface area (Å²) in [6.07, 6.45) is 4.90. The maximum Gasteiger partial charge on any atom is 0.266 e. The highest BCUT2D eigenvalue weighted by atomic mass is 32.1. The molecule has 2 aliphatic rings. The van der Waals surface area contributed by atoms with Gasteiger partial charge in [0.1, 0.15) is 0 Å². The molecule has 2 aromatic heterocycles. The number of nitrogens with zero attached hydrogens (tertiary/aromatic N) is 4. The Balaban J connectivity index is 1.29. The smallest absolute Gasteiger partial charge is 0.266 e. The van der Waals surface area contributed by atoms with Gasteiger partial charge in [-0.05, 0) is 57.7 Å². The molecule has 2 aromatic rings. The number of piperidine rings is 1. The Morgan fingerprint density at radius 2 is 2.00 bits per heavy atom. The standard InChI is InChI=1S/C18H24N4OS/c1-13-2-5-17(23)22(20-13)10-14-6-8-21(9-7-14)11-16-12-24-18(19-16)15-3-4-15/h2,5,12,14-15H,3-4,6-11H2,1H3. The van der Waals surface area contributed by atoms with Crippen LogP contribution in [0.4, 0.5) is 0 Å². The van der Waals surface area contributed by atoms with Crippen molar-refractivity contribution in [3.05, 3.63) is 44.3 Å². The van der Waals surface area contributed by atoms with Crippen LogP contribution in [-0.2, 0) is 13.1 Å². The third-order valence-electron chi connectivity index (χ3n) is 5.02. The lowest BCUT2D eigenvalue weighted by atomic mass is 9.97. The van der Waals surface area contributed by atoms with Crippen LogP contribution in [0.5, 0.6) is 0 Å². The van der Waals surface area contributed by atoms with E-state index in [-0.39, 0.29) is 5.56 Å². The summed E-state index contributed by atoms with van der Waals surface area (Å²) in [5, 5.41) is 7.93. The second kappa shape index (κ2) is 6.76. The van der Waals surface area contributed by atoms with E-state index >= 15 is 0 Å². The molecule has 1 saturated heterocycles. The normalized spacial score (nSPS) is 19.7. The lowest BCUT2D eigenvalue weighted by Gasteiger charge is -2.31. The molecular formula is C18H24N4OS. The summed E-state index contributed by atoms with van der Waals surface area (Å²) >= 11 is 1.83. The molecule has 3 heterocycles. The molecule has 128 valence electrons. The predicted molar refractivity (Wildman–Crippen MR) is 95.3 cm³/mol. The fourth-order valence-electron chi connectivity index (χ4n) is 3.40. The quantitative estimate of drug-likeness (QED) is 0.837. The Morgan fingerprint density at radius 1 is 1.21 bits per heavy atom. The highest BCUT2D eigenvalue weighted by molar-refractivity contribution is 7.09. The molecule has 1 aliphatic heterocycles. The summed E-state index contributed by atoms with van der Waals surface area (Å²) in [5.74, 6) is 1.31. The van der Waals surface area contributed by atoms with Crippen LogP contribution in [0.3, 0.4) is 0 Å². The Bertz CT molecular complexity index is 756. The van der Waals surface area contributed by atoms with Crippen LogP contribution in [0, 0.1) is 12.8 Å². The Hall–Kier alpha value is -1.53. The number of hydrogen-bond acceptors (Lipinski definition) is 5. The number of thiazole rings is 1. The maximum atomic E-state index is 11.9. The molecule has 0 aromatic carbocycles. The van der Waals surface area contributed by atoms with Gasteiger partial charge in [0.25, 0.3) is 5.56 Å². The van der Waals surface area contributed by atoms with Crippen LogP contribution >= 0.6 is 11.3 Å². The van der Waals surface area contributed by atoms with E-state index < -0.39 is 0 Å². The number of aromatic nitrogens is 3. The number of likely N-dealkylation sites (tertiary alicyclic amines) is 1. The van der Waals surface area contributed by atoms with Crippen molar-refractivity contribution in [3.63, 3.8) is 0 Å². The van der Waals surface area contributed by atoms with E-state index in [1.165, 1.54) is 23.5 Å². The minimum absolute atomic E-state index is 0.0121. The Morgan fingerprint density at radius 3 is 2.75 bits per heavy atom. The van der Waals surface area contributed by atoms with Crippen LogP contribution in [0.2, 0.25) is 0 Å². The molecule has 0 unspecified atom stereocenters. The van der Waals surface area contributed by atoms with Gasteiger partial charge in [0.05, 0.1) is 16.4 Å². The lowest BCUT2D eigenvalue weighted by Crippen LogP contribution is -2.36. The van der Waals surface area contributed by atoms with Gasteiger partial charge < -0.3 is 0 Å². The van der Waals surface area contributed by atoms with Gasteiger partial charge >= 0.3 is 0 Å². The zero-order valence-electron chi connectivity index (χ0n) is 14.1. The monoisotopic (exact) mass is 344 g/mol. The first-order chi connectivity index (χ1) is 11.7. The first-order valence-corrected chi connectivity index (χ1v) is 9.77. The molecule has 2 fully saturated rings. The zero-order valence-corrected chi connectivity index (χ0v) is 15.0. The predicted octanol–water partition coefficient (Wildman–Crippen LogP) is 2.80. The van der Waals surface area contributed by atoms with Crippen molar-refractivity contribution in [1.82, 2.24) is 19.7 Å². The van der Waals surface area contributed by atoms with E-state index in [9.17, 15) is 4.79 Å².